The van der Waals surface area contributed by atoms with E-state index in [0.29, 0.717) is 6.42 Å². The molecule has 1 unspecified atom stereocenters. The Morgan fingerprint density at radius 3 is 2.39 bits per heavy atom. The maximum absolute atomic E-state index is 11.7. The molecule has 6 heteroatoms. The van der Waals surface area contributed by atoms with Gasteiger partial charge in [0, 0.05) is 24.7 Å². The number of nitrogens with zero attached hydrogens (tertiary/aromatic N) is 1. The van der Waals surface area contributed by atoms with Crippen molar-refractivity contribution in [2.45, 2.75) is 45.1 Å². The van der Waals surface area contributed by atoms with Crippen LogP contribution < -0.4 is 11.1 Å². The minimum absolute atomic E-state index is 0. The molecule has 0 spiro atoms. The highest BCUT2D eigenvalue weighted by Crippen LogP contribution is 2.13. The predicted molar refractivity (Wildman–Crippen MR) is 102 cm³/mol. The van der Waals surface area contributed by atoms with Crippen molar-refractivity contribution < 1.29 is 4.79 Å². The molecule has 132 valence electrons. The van der Waals surface area contributed by atoms with E-state index in [9.17, 15) is 4.79 Å². The van der Waals surface area contributed by atoms with E-state index in [-0.39, 0.29) is 36.8 Å². The zero-order valence-electron chi connectivity index (χ0n) is 13.8. The fraction of sp³-hybridized carbons (Fsp3) is 0.588. The van der Waals surface area contributed by atoms with Crippen molar-refractivity contribution in [3.05, 3.63) is 29.8 Å². The van der Waals surface area contributed by atoms with Gasteiger partial charge < -0.3 is 16.0 Å². The molecular formula is C17H29Cl2N3O. The van der Waals surface area contributed by atoms with E-state index in [2.05, 4.69) is 22.3 Å². The van der Waals surface area contributed by atoms with Crippen LogP contribution in [0.2, 0.25) is 0 Å². The minimum atomic E-state index is 0. The summed E-state index contributed by atoms with van der Waals surface area (Å²) in [5.41, 5.74) is 7.85. The van der Waals surface area contributed by atoms with Crippen LogP contribution >= 0.6 is 24.8 Å². The lowest BCUT2D eigenvalue weighted by Gasteiger charge is -2.14. The fourth-order valence-corrected chi connectivity index (χ4v) is 2.63. The molecule has 2 rings (SSSR count). The Hall–Kier alpha value is -0.810. The Bertz CT molecular complexity index is 446. The molecule has 0 aliphatic carbocycles. The van der Waals surface area contributed by atoms with Crippen molar-refractivity contribution in [2.75, 3.05) is 25.0 Å². The molecule has 1 heterocycles. The van der Waals surface area contributed by atoms with Gasteiger partial charge in [-0.05, 0) is 63.4 Å². The van der Waals surface area contributed by atoms with Crippen LogP contribution in [0, 0.1) is 0 Å². The van der Waals surface area contributed by atoms with Crippen molar-refractivity contribution in [3.63, 3.8) is 0 Å². The number of carbonyl (C=O) groups excluding carboxylic acids is 1. The maximum Gasteiger partial charge on any atom is 0.224 e. The Balaban J connectivity index is 0.00000242. The van der Waals surface area contributed by atoms with Gasteiger partial charge in [-0.3, -0.25) is 4.79 Å². The largest absolute Gasteiger partial charge is 0.328 e. The topological polar surface area (TPSA) is 58.4 Å². The SMILES string of the molecule is CC(N)CCC(=O)Nc1ccc(CCN2CCCC2)cc1.Cl.Cl. The predicted octanol–water partition coefficient (Wildman–Crippen LogP) is 3.23. The van der Waals surface area contributed by atoms with Crippen molar-refractivity contribution in [2.24, 2.45) is 5.73 Å². The van der Waals surface area contributed by atoms with E-state index in [4.69, 9.17) is 5.73 Å². The molecule has 1 aliphatic heterocycles. The summed E-state index contributed by atoms with van der Waals surface area (Å²) < 4.78 is 0. The Morgan fingerprint density at radius 2 is 1.83 bits per heavy atom. The summed E-state index contributed by atoms with van der Waals surface area (Å²) in [6.45, 7) is 5.55. The molecule has 0 aromatic heterocycles. The number of amides is 1. The standard InChI is InChI=1S/C17H27N3O.2ClH/c1-14(18)4-9-17(21)19-16-7-5-15(6-8-16)10-13-20-11-2-3-12-20;;/h5-8,14H,2-4,9-13,18H2,1H3,(H,19,21);2*1H. The van der Waals surface area contributed by atoms with E-state index in [0.717, 1.165) is 25.1 Å². The van der Waals surface area contributed by atoms with Crippen LogP contribution in [0.4, 0.5) is 5.69 Å². The zero-order valence-corrected chi connectivity index (χ0v) is 15.4. The number of anilines is 1. The van der Waals surface area contributed by atoms with E-state index in [1.54, 1.807) is 0 Å². The number of carbonyl (C=O) groups is 1. The first-order valence-corrected chi connectivity index (χ1v) is 8.00. The lowest BCUT2D eigenvalue weighted by molar-refractivity contribution is -0.116. The second-order valence-electron chi connectivity index (χ2n) is 6.06. The summed E-state index contributed by atoms with van der Waals surface area (Å²) in [6.07, 6.45) is 4.96. The maximum atomic E-state index is 11.7. The molecule has 1 aromatic carbocycles. The number of hydrogen-bond donors (Lipinski definition) is 2. The second kappa shape index (κ2) is 11.7. The number of likely N-dealkylation sites (tertiary alicyclic amines) is 1. The molecule has 0 saturated carbocycles. The third-order valence-corrected chi connectivity index (χ3v) is 3.98. The molecule has 1 fully saturated rings. The highest BCUT2D eigenvalue weighted by atomic mass is 35.5. The second-order valence-corrected chi connectivity index (χ2v) is 6.06. The van der Waals surface area contributed by atoms with Crippen molar-refractivity contribution in [1.29, 1.82) is 0 Å². The van der Waals surface area contributed by atoms with Gasteiger partial charge in [-0.2, -0.15) is 0 Å². The van der Waals surface area contributed by atoms with Gasteiger partial charge in [0.1, 0.15) is 0 Å². The van der Waals surface area contributed by atoms with E-state index in [1.807, 2.05) is 19.1 Å². The summed E-state index contributed by atoms with van der Waals surface area (Å²) in [6, 6.07) is 8.27. The summed E-state index contributed by atoms with van der Waals surface area (Å²) in [5.74, 6) is 0.0390. The summed E-state index contributed by atoms with van der Waals surface area (Å²) in [5, 5.41) is 2.92. The number of rotatable bonds is 7. The lowest BCUT2D eigenvalue weighted by atomic mass is 10.1. The number of benzene rings is 1. The van der Waals surface area contributed by atoms with Crippen molar-refractivity contribution >= 4 is 36.4 Å². The van der Waals surface area contributed by atoms with Gasteiger partial charge in [0.15, 0.2) is 0 Å². The number of halogens is 2. The van der Waals surface area contributed by atoms with Crippen LogP contribution in [0.1, 0.15) is 38.2 Å². The normalized spacial score (nSPS) is 15.4. The van der Waals surface area contributed by atoms with Crippen LogP contribution in [0.3, 0.4) is 0 Å². The summed E-state index contributed by atoms with van der Waals surface area (Å²) in [7, 11) is 0. The molecule has 4 nitrogen and oxygen atoms in total. The lowest BCUT2D eigenvalue weighted by Crippen LogP contribution is -2.22. The van der Waals surface area contributed by atoms with Crippen LogP contribution in [0.25, 0.3) is 0 Å². The van der Waals surface area contributed by atoms with Crippen molar-refractivity contribution in [3.8, 4) is 0 Å². The van der Waals surface area contributed by atoms with Crippen LogP contribution in [0.5, 0.6) is 0 Å². The molecular weight excluding hydrogens is 333 g/mol. The fourth-order valence-electron chi connectivity index (χ4n) is 2.63. The van der Waals surface area contributed by atoms with Gasteiger partial charge in [-0.15, -0.1) is 24.8 Å². The first-order chi connectivity index (χ1) is 10.1. The Labute approximate surface area is 152 Å². The number of nitrogens with one attached hydrogen (secondary N) is 1. The number of nitrogens with two attached hydrogens (primary N) is 1. The summed E-state index contributed by atoms with van der Waals surface area (Å²) >= 11 is 0. The van der Waals surface area contributed by atoms with Gasteiger partial charge in [0.05, 0.1) is 0 Å². The Kier molecular flexibility index (Phi) is 11.3. The van der Waals surface area contributed by atoms with E-state index >= 15 is 0 Å². The molecule has 1 amide bonds. The first-order valence-electron chi connectivity index (χ1n) is 8.00. The molecule has 1 aliphatic rings. The monoisotopic (exact) mass is 361 g/mol. The molecule has 3 N–H and O–H groups in total. The van der Waals surface area contributed by atoms with Gasteiger partial charge in [0.2, 0.25) is 5.91 Å². The van der Waals surface area contributed by atoms with Gasteiger partial charge in [-0.25, -0.2) is 0 Å². The smallest absolute Gasteiger partial charge is 0.224 e. The van der Waals surface area contributed by atoms with Gasteiger partial charge >= 0.3 is 0 Å². The van der Waals surface area contributed by atoms with E-state index in [1.165, 1.54) is 31.5 Å². The molecule has 1 saturated heterocycles. The van der Waals surface area contributed by atoms with Gasteiger partial charge in [0.25, 0.3) is 0 Å². The summed E-state index contributed by atoms with van der Waals surface area (Å²) in [4.78, 5) is 14.2. The van der Waals surface area contributed by atoms with E-state index < -0.39 is 0 Å². The van der Waals surface area contributed by atoms with Crippen LogP contribution in [-0.2, 0) is 11.2 Å². The van der Waals surface area contributed by atoms with Crippen LogP contribution in [0.15, 0.2) is 24.3 Å². The molecule has 1 atom stereocenters. The Morgan fingerprint density at radius 1 is 1.22 bits per heavy atom. The number of hydrogen-bond acceptors (Lipinski definition) is 3. The third kappa shape index (κ3) is 8.56. The molecule has 0 radical (unpaired) electrons. The average Bonchev–Trinajstić information content (AvgIpc) is 2.98. The van der Waals surface area contributed by atoms with Gasteiger partial charge in [-0.1, -0.05) is 12.1 Å². The highest BCUT2D eigenvalue weighted by molar-refractivity contribution is 5.90. The first kappa shape index (κ1) is 22.2. The quantitative estimate of drug-likeness (QED) is 0.783. The highest BCUT2D eigenvalue weighted by Gasteiger charge is 2.10. The van der Waals surface area contributed by atoms with Crippen molar-refractivity contribution in [1.82, 2.24) is 4.90 Å². The molecule has 23 heavy (non-hydrogen) atoms. The minimum Gasteiger partial charge on any atom is -0.328 e. The third-order valence-electron chi connectivity index (χ3n) is 3.98. The zero-order chi connectivity index (χ0) is 15.1. The molecule has 0 bridgehead atoms. The van der Waals surface area contributed by atoms with Crippen LogP contribution in [-0.4, -0.2) is 36.5 Å². The average molecular weight is 362 g/mol. The molecule has 1 aromatic rings.